The Bertz CT molecular complexity index is 452. The second kappa shape index (κ2) is 8.57. The topological polar surface area (TPSA) is 116 Å². The molecule has 0 fully saturated rings. The molecule has 0 unspecified atom stereocenters. The Labute approximate surface area is 132 Å². The van der Waals surface area contributed by atoms with Gasteiger partial charge in [0.15, 0.2) is 11.7 Å². The molecular formula is C12H22N3O6S+. The lowest BCUT2D eigenvalue weighted by Crippen LogP contribution is -2.47. The lowest BCUT2D eigenvalue weighted by molar-refractivity contribution is -0.976. The summed E-state index contributed by atoms with van der Waals surface area (Å²) in [6.07, 6.45) is 0. The van der Waals surface area contributed by atoms with Crippen LogP contribution in [0, 0.1) is 10.3 Å². The second-order valence-corrected chi connectivity index (χ2v) is 6.47. The highest BCUT2D eigenvalue weighted by Crippen LogP contribution is 2.25. The number of thioether (sulfide) groups is 1. The van der Waals surface area contributed by atoms with Crippen LogP contribution >= 0.6 is 11.8 Å². The maximum atomic E-state index is 12.1. The van der Waals surface area contributed by atoms with Crippen molar-refractivity contribution in [2.75, 3.05) is 26.5 Å². The number of nitrogens with zero attached hydrogens (tertiary/aromatic N) is 2. The monoisotopic (exact) mass is 336 g/mol. The molecule has 0 spiro atoms. The Kier molecular flexibility index (Phi) is 7.85. The third kappa shape index (κ3) is 7.25. The van der Waals surface area contributed by atoms with E-state index in [0.29, 0.717) is 0 Å². The minimum atomic E-state index is -1.04. The SMILES string of the molecule is CC(=O)N[C@@H](CSC(=O)C(C)(C)CO[N+](=O)O)C(=O)N(C)C. The summed E-state index contributed by atoms with van der Waals surface area (Å²) in [7, 11) is 3.09. The van der Waals surface area contributed by atoms with E-state index >= 15 is 0 Å². The third-order valence-corrected chi connectivity index (χ3v) is 3.90. The first-order valence-electron chi connectivity index (χ1n) is 6.42. The van der Waals surface area contributed by atoms with Crippen molar-refractivity contribution in [1.29, 1.82) is 0 Å². The van der Waals surface area contributed by atoms with Crippen molar-refractivity contribution in [3.8, 4) is 0 Å². The van der Waals surface area contributed by atoms with Gasteiger partial charge in [0.1, 0.15) is 10.9 Å². The minimum Gasteiger partial charge on any atom is -0.347 e. The molecule has 2 amide bonds. The highest BCUT2D eigenvalue weighted by Gasteiger charge is 2.33. The molecule has 126 valence electrons. The molecule has 0 radical (unpaired) electrons. The predicted molar refractivity (Wildman–Crippen MR) is 78.9 cm³/mol. The fourth-order valence-electron chi connectivity index (χ4n) is 1.36. The summed E-state index contributed by atoms with van der Waals surface area (Å²) < 4.78 is 0. The van der Waals surface area contributed by atoms with E-state index in [1.54, 1.807) is 14.1 Å². The van der Waals surface area contributed by atoms with Crippen LogP contribution in [0.25, 0.3) is 0 Å². The van der Waals surface area contributed by atoms with Crippen LogP contribution in [0.4, 0.5) is 0 Å². The van der Waals surface area contributed by atoms with E-state index in [1.165, 1.54) is 25.7 Å². The van der Waals surface area contributed by atoms with Gasteiger partial charge in [-0.05, 0) is 13.8 Å². The fraction of sp³-hybridized carbons (Fsp3) is 0.750. The van der Waals surface area contributed by atoms with Crippen LogP contribution in [0.15, 0.2) is 0 Å². The lowest BCUT2D eigenvalue weighted by Gasteiger charge is -2.23. The number of rotatable bonds is 8. The van der Waals surface area contributed by atoms with E-state index in [2.05, 4.69) is 10.2 Å². The summed E-state index contributed by atoms with van der Waals surface area (Å²) in [5, 5.41) is 9.82. The number of hydrogen-bond acceptors (Lipinski definition) is 6. The zero-order valence-electron chi connectivity index (χ0n) is 13.3. The van der Waals surface area contributed by atoms with Crippen molar-refractivity contribution in [3.63, 3.8) is 0 Å². The van der Waals surface area contributed by atoms with Gasteiger partial charge in [-0.1, -0.05) is 11.8 Å². The smallest absolute Gasteiger partial charge is 0.347 e. The van der Waals surface area contributed by atoms with E-state index in [9.17, 15) is 19.3 Å². The van der Waals surface area contributed by atoms with Crippen molar-refractivity contribution in [3.05, 3.63) is 4.91 Å². The number of nitrogens with one attached hydrogen (secondary N) is 1. The van der Waals surface area contributed by atoms with Gasteiger partial charge in [-0.2, -0.15) is 4.84 Å². The van der Waals surface area contributed by atoms with Crippen LogP contribution in [0.2, 0.25) is 0 Å². The van der Waals surface area contributed by atoms with Gasteiger partial charge in [-0.15, -0.1) is 0 Å². The third-order valence-electron chi connectivity index (χ3n) is 2.59. The van der Waals surface area contributed by atoms with E-state index in [0.717, 1.165) is 11.8 Å². The van der Waals surface area contributed by atoms with Crippen LogP contribution in [0.1, 0.15) is 20.8 Å². The molecule has 0 rings (SSSR count). The maximum absolute atomic E-state index is 12.1. The summed E-state index contributed by atoms with van der Waals surface area (Å²) in [5.41, 5.74) is -1.04. The molecule has 0 aromatic heterocycles. The van der Waals surface area contributed by atoms with Crippen LogP contribution in [0.5, 0.6) is 0 Å². The summed E-state index contributed by atoms with van der Waals surface area (Å²) in [5.74, 6) is -0.650. The molecule has 2 N–H and O–H groups in total. The molecule has 0 aliphatic heterocycles. The first-order chi connectivity index (χ1) is 9.97. The second-order valence-electron chi connectivity index (χ2n) is 5.48. The van der Waals surface area contributed by atoms with Crippen LogP contribution in [-0.4, -0.2) is 64.6 Å². The number of hydrogen-bond donors (Lipinski definition) is 2. The van der Waals surface area contributed by atoms with Gasteiger partial charge >= 0.3 is 5.09 Å². The van der Waals surface area contributed by atoms with E-state index < -0.39 is 16.5 Å². The zero-order valence-corrected chi connectivity index (χ0v) is 14.1. The summed E-state index contributed by atoms with van der Waals surface area (Å²) in [4.78, 5) is 51.1. The highest BCUT2D eigenvalue weighted by molar-refractivity contribution is 8.13. The normalized spacial score (nSPS) is 12.2. The van der Waals surface area contributed by atoms with Gasteiger partial charge in [0.2, 0.25) is 11.8 Å². The van der Waals surface area contributed by atoms with E-state index in [4.69, 9.17) is 5.21 Å². The van der Waals surface area contributed by atoms with Gasteiger partial charge in [-0.25, -0.2) is 5.21 Å². The summed E-state index contributed by atoms with van der Waals surface area (Å²) in [6.45, 7) is 4.04. The molecule has 0 bridgehead atoms. The van der Waals surface area contributed by atoms with Gasteiger partial charge < -0.3 is 10.2 Å². The first-order valence-corrected chi connectivity index (χ1v) is 7.40. The lowest BCUT2D eigenvalue weighted by atomic mass is 9.97. The van der Waals surface area contributed by atoms with Crippen molar-refractivity contribution in [2.24, 2.45) is 5.41 Å². The van der Waals surface area contributed by atoms with Crippen LogP contribution < -0.4 is 5.32 Å². The number of carbonyl (C=O) groups excluding carboxylic acids is 3. The van der Waals surface area contributed by atoms with Gasteiger partial charge in [0, 0.05) is 26.8 Å². The molecule has 1 atom stereocenters. The van der Waals surface area contributed by atoms with Crippen LogP contribution in [0.3, 0.4) is 0 Å². The van der Waals surface area contributed by atoms with Crippen LogP contribution in [-0.2, 0) is 19.2 Å². The molecule has 0 heterocycles. The number of carbonyl (C=O) groups is 3. The Morgan fingerprint density at radius 1 is 1.36 bits per heavy atom. The number of amides is 2. The Morgan fingerprint density at radius 2 is 1.91 bits per heavy atom. The molecule has 22 heavy (non-hydrogen) atoms. The molecule has 0 aliphatic rings. The molecule has 0 saturated carbocycles. The molecule has 0 aromatic carbocycles. The molecule has 0 aromatic rings. The van der Waals surface area contributed by atoms with Crippen molar-refractivity contribution >= 4 is 28.7 Å². The quantitative estimate of drug-likeness (QED) is 0.598. The predicted octanol–water partition coefficient (Wildman–Crippen LogP) is -0.0350. The molecule has 9 nitrogen and oxygen atoms in total. The van der Waals surface area contributed by atoms with E-state index in [1.807, 2.05) is 0 Å². The minimum absolute atomic E-state index is 0.0546. The Morgan fingerprint density at radius 3 is 2.32 bits per heavy atom. The standard InChI is InChI=1S/C12H21N3O6S/c1-8(16)13-9(10(17)14(4)5)6-22-11(18)12(2,3)7-21-15(19)20/h9H,6-7H2,1-5H3,(H-,13,16,19,20)/p+1/t9-/m0/s1. The fourth-order valence-corrected chi connectivity index (χ4v) is 2.36. The van der Waals surface area contributed by atoms with Gasteiger partial charge in [-0.3, -0.25) is 14.4 Å². The summed E-state index contributed by atoms with van der Waals surface area (Å²) >= 11 is 0.848. The van der Waals surface area contributed by atoms with E-state index in [-0.39, 0.29) is 29.3 Å². The number of likely N-dealkylation sites (N-methyl/N-ethyl adjacent to an activating group) is 1. The molecule has 10 heteroatoms. The largest absolute Gasteiger partial charge is 0.475 e. The Hall–Kier alpha value is -1.84. The van der Waals surface area contributed by atoms with Gasteiger partial charge in [0.25, 0.3) is 0 Å². The average molecular weight is 336 g/mol. The average Bonchev–Trinajstić information content (AvgIpc) is 2.39. The van der Waals surface area contributed by atoms with Crippen molar-refractivity contribution in [1.82, 2.24) is 10.2 Å². The highest BCUT2D eigenvalue weighted by atomic mass is 32.2. The summed E-state index contributed by atoms with van der Waals surface area (Å²) in [6, 6.07) is -0.827. The Balaban J connectivity index is 4.69. The van der Waals surface area contributed by atoms with Gasteiger partial charge in [0.05, 0.1) is 5.41 Å². The zero-order chi connectivity index (χ0) is 17.5. The molecule has 0 aliphatic carbocycles. The molecular weight excluding hydrogens is 314 g/mol. The van der Waals surface area contributed by atoms with Crippen molar-refractivity contribution < 1.29 is 29.5 Å². The maximum Gasteiger partial charge on any atom is 0.475 e. The first kappa shape index (κ1) is 20.2. The molecule has 0 saturated heterocycles. The van der Waals surface area contributed by atoms with Crippen molar-refractivity contribution in [2.45, 2.75) is 26.8 Å².